The molecule has 0 aromatic heterocycles. The fourth-order valence-electron chi connectivity index (χ4n) is 2.98. The summed E-state index contributed by atoms with van der Waals surface area (Å²) in [6, 6.07) is 4.46. The smallest absolute Gasteiger partial charge is 0.0451 e. The Balaban J connectivity index is 3.20. The maximum absolute atomic E-state index is 9.36. The minimum atomic E-state index is -0.132. The third kappa shape index (κ3) is 3.33. The molecule has 0 saturated heterocycles. The second-order valence-electron chi connectivity index (χ2n) is 5.51. The van der Waals surface area contributed by atoms with Crippen molar-refractivity contribution in [2.24, 2.45) is 0 Å². The summed E-state index contributed by atoms with van der Waals surface area (Å²) >= 11 is 0. The van der Waals surface area contributed by atoms with E-state index in [0.717, 1.165) is 19.4 Å². The zero-order valence-corrected chi connectivity index (χ0v) is 12.4. The Morgan fingerprint density at radius 2 is 1.72 bits per heavy atom. The number of benzene rings is 1. The van der Waals surface area contributed by atoms with Crippen molar-refractivity contribution >= 4 is 0 Å². The zero-order chi connectivity index (χ0) is 13.8. The Bertz CT molecular complexity index is 377. The van der Waals surface area contributed by atoms with Gasteiger partial charge in [0.25, 0.3) is 0 Å². The maximum atomic E-state index is 9.36. The molecule has 2 heteroatoms. The highest BCUT2D eigenvalue weighted by Crippen LogP contribution is 2.31. The first-order chi connectivity index (χ1) is 8.44. The van der Waals surface area contributed by atoms with E-state index < -0.39 is 0 Å². The third-order valence-corrected chi connectivity index (χ3v) is 3.61. The molecule has 2 nitrogen and oxygen atoms in total. The molecular weight excluding hydrogens is 222 g/mol. The molecule has 0 aliphatic carbocycles. The van der Waals surface area contributed by atoms with Crippen molar-refractivity contribution in [1.82, 2.24) is 5.32 Å². The molecule has 0 fully saturated rings. The zero-order valence-electron chi connectivity index (χ0n) is 12.4. The van der Waals surface area contributed by atoms with Crippen LogP contribution in [0, 0.1) is 20.8 Å². The van der Waals surface area contributed by atoms with Gasteiger partial charge in [0.1, 0.15) is 0 Å². The van der Waals surface area contributed by atoms with Crippen molar-refractivity contribution in [2.75, 3.05) is 13.2 Å². The average Bonchev–Trinajstić information content (AvgIpc) is 2.25. The third-order valence-electron chi connectivity index (χ3n) is 3.61. The largest absolute Gasteiger partial charge is 0.396 e. The van der Waals surface area contributed by atoms with Gasteiger partial charge in [-0.1, -0.05) is 24.6 Å². The number of aliphatic hydroxyl groups excluding tert-OH is 1. The van der Waals surface area contributed by atoms with Crippen molar-refractivity contribution < 1.29 is 5.11 Å². The van der Waals surface area contributed by atoms with E-state index in [2.05, 4.69) is 52.1 Å². The van der Waals surface area contributed by atoms with Gasteiger partial charge in [-0.05, 0) is 63.8 Å². The van der Waals surface area contributed by atoms with E-state index in [1.54, 1.807) is 0 Å². The van der Waals surface area contributed by atoms with Gasteiger partial charge < -0.3 is 10.4 Å². The van der Waals surface area contributed by atoms with Crippen molar-refractivity contribution in [3.05, 3.63) is 34.4 Å². The normalized spacial score (nSPS) is 14.6. The summed E-state index contributed by atoms with van der Waals surface area (Å²) in [5, 5.41) is 13.0. The Morgan fingerprint density at radius 3 is 2.17 bits per heavy atom. The average molecular weight is 249 g/mol. The number of aliphatic hydroxyl groups is 1. The van der Waals surface area contributed by atoms with Crippen LogP contribution in [0.15, 0.2) is 12.1 Å². The lowest BCUT2D eigenvalue weighted by Crippen LogP contribution is -2.42. The van der Waals surface area contributed by atoms with Crippen molar-refractivity contribution in [3.63, 3.8) is 0 Å². The van der Waals surface area contributed by atoms with Gasteiger partial charge in [-0.15, -0.1) is 0 Å². The van der Waals surface area contributed by atoms with Gasteiger partial charge in [-0.3, -0.25) is 0 Å². The van der Waals surface area contributed by atoms with Crippen molar-refractivity contribution in [2.45, 2.75) is 53.0 Å². The van der Waals surface area contributed by atoms with E-state index in [1.165, 1.54) is 22.3 Å². The molecule has 0 saturated carbocycles. The molecule has 1 rings (SSSR count). The quantitative estimate of drug-likeness (QED) is 0.811. The number of rotatable bonds is 6. The molecule has 0 amide bonds. The lowest BCUT2D eigenvalue weighted by molar-refractivity contribution is 0.220. The van der Waals surface area contributed by atoms with Gasteiger partial charge in [0.2, 0.25) is 0 Å². The van der Waals surface area contributed by atoms with E-state index in [-0.39, 0.29) is 12.1 Å². The van der Waals surface area contributed by atoms with Crippen LogP contribution < -0.4 is 5.32 Å². The summed E-state index contributed by atoms with van der Waals surface area (Å²) in [7, 11) is 0. The summed E-state index contributed by atoms with van der Waals surface area (Å²) < 4.78 is 0. The first-order valence-electron chi connectivity index (χ1n) is 6.89. The number of hydrogen-bond acceptors (Lipinski definition) is 2. The minimum absolute atomic E-state index is 0.132. The second-order valence-corrected chi connectivity index (χ2v) is 5.51. The lowest BCUT2D eigenvalue weighted by atomic mass is 9.82. The standard InChI is InChI=1S/C16H27NO/c1-6-8-17-16(5,7-9-18)15-13(3)10-12(2)11-14(15)4/h10-11,17-18H,6-9H2,1-5H3. The lowest BCUT2D eigenvalue weighted by Gasteiger charge is -2.34. The van der Waals surface area contributed by atoms with Gasteiger partial charge in [-0.2, -0.15) is 0 Å². The molecule has 2 N–H and O–H groups in total. The predicted molar refractivity (Wildman–Crippen MR) is 78.0 cm³/mol. The van der Waals surface area contributed by atoms with Gasteiger partial charge >= 0.3 is 0 Å². The van der Waals surface area contributed by atoms with Gasteiger partial charge in [0.15, 0.2) is 0 Å². The molecule has 1 unspecified atom stereocenters. The topological polar surface area (TPSA) is 32.3 Å². The minimum Gasteiger partial charge on any atom is -0.396 e. The molecule has 0 heterocycles. The summed E-state index contributed by atoms with van der Waals surface area (Å²) in [5.41, 5.74) is 5.14. The van der Waals surface area contributed by atoms with Crippen LogP contribution in [0.1, 0.15) is 48.9 Å². The number of hydrogen-bond donors (Lipinski definition) is 2. The molecule has 1 aromatic carbocycles. The van der Waals surface area contributed by atoms with E-state index >= 15 is 0 Å². The van der Waals surface area contributed by atoms with Crippen LogP contribution in [0.5, 0.6) is 0 Å². The van der Waals surface area contributed by atoms with Crippen LogP contribution in [0.2, 0.25) is 0 Å². The van der Waals surface area contributed by atoms with Crippen LogP contribution in [-0.4, -0.2) is 18.3 Å². The molecule has 18 heavy (non-hydrogen) atoms. The van der Waals surface area contributed by atoms with Gasteiger partial charge in [0.05, 0.1) is 0 Å². The molecule has 0 aliphatic heterocycles. The summed E-state index contributed by atoms with van der Waals surface area (Å²) in [6.07, 6.45) is 1.85. The first kappa shape index (κ1) is 15.2. The summed E-state index contributed by atoms with van der Waals surface area (Å²) in [6.45, 7) is 12.0. The van der Waals surface area contributed by atoms with E-state index in [9.17, 15) is 5.11 Å². The van der Waals surface area contributed by atoms with Crippen LogP contribution in [-0.2, 0) is 5.54 Å². The van der Waals surface area contributed by atoms with E-state index in [4.69, 9.17) is 0 Å². The van der Waals surface area contributed by atoms with Crippen molar-refractivity contribution in [3.8, 4) is 0 Å². The second kappa shape index (κ2) is 6.35. The van der Waals surface area contributed by atoms with E-state index in [1.807, 2.05) is 0 Å². The molecule has 0 aliphatic rings. The highest BCUT2D eigenvalue weighted by molar-refractivity contribution is 5.42. The Morgan fingerprint density at radius 1 is 1.17 bits per heavy atom. The van der Waals surface area contributed by atoms with Crippen LogP contribution in [0.3, 0.4) is 0 Å². The predicted octanol–water partition coefficient (Wildman–Crippen LogP) is 3.21. The molecule has 102 valence electrons. The Labute approximate surface area is 111 Å². The van der Waals surface area contributed by atoms with Crippen LogP contribution in [0.25, 0.3) is 0 Å². The van der Waals surface area contributed by atoms with Gasteiger partial charge in [-0.25, -0.2) is 0 Å². The summed E-state index contributed by atoms with van der Waals surface area (Å²) in [5.74, 6) is 0. The highest BCUT2D eigenvalue weighted by atomic mass is 16.3. The van der Waals surface area contributed by atoms with Crippen LogP contribution in [0.4, 0.5) is 0 Å². The summed E-state index contributed by atoms with van der Waals surface area (Å²) in [4.78, 5) is 0. The highest BCUT2D eigenvalue weighted by Gasteiger charge is 2.28. The molecular formula is C16H27NO. The number of nitrogens with one attached hydrogen (secondary N) is 1. The van der Waals surface area contributed by atoms with E-state index in [0.29, 0.717) is 0 Å². The van der Waals surface area contributed by atoms with Crippen molar-refractivity contribution in [1.29, 1.82) is 0 Å². The maximum Gasteiger partial charge on any atom is 0.0451 e. The molecule has 1 aromatic rings. The SMILES string of the molecule is CCCNC(C)(CCO)c1c(C)cc(C)cc1C. The molecule has 0 spiro atoms. The monoisotopic (exact) mass is 249 g/mol. The van der Waals surface area contributed by atoms with Gasteiger partial charge in [0, 0.05) is 12.1 Å². The molecule has 0 radical (unpaired) electrons. The van der Waals surface area contributed by atoms with Crippen LogP contribution >= 0.6 is 0 Å². The molecule has 0 bridgehead atoms. The Kier molecular flexibility index (Phi) is 5.36. The fraction of sp³-hybridized carbons (Fsp3) is 0.625. The number of aryl methyl sites for hydroxylation is 3. The Hall–Kier alpha value is -0.860. The first-order valence-corrected chi connectivity index (χ1v) is 6.89. The molecule has 1 atom stereocenters. The fourth-order valence-corrected chi connectivity index (χ4v) is 2.98.